The molecule has 5 heavy (non-hydrogen) atoms. The van der Waals surface area contributed by atoms with Crippen molar-refractivity contribution in [3.05, 3.63) is 0 Å². The Hall–Kier alpha value is 4.06. The quantitative estimate of drug-likeness (QED) is 0.300. The van der Waals surface area contributed by atoms with Gasteiger partial charge in [0.25, 0.3) is 0 Å². The minimum Gasteiger partial charge on any atom is 0 e. The van der Waals surface area contributed by atoms with Gasteiger partial charge in [-0.2, -0.15) is 0 Å². The minimum absolute atomic E-state index is 0. The molecule has 0 saturated carbocycles. The van der Waals surface area contributed by atoms with Crippen LogP contribution in [-0.2, 0) is 44.1 Å². The van der Waals surface area contributed by atoms with E-state index in [0.717, 1.165) is 0 Å². The second kappa shape index (κ2) is 24.4. The smallest absolute Gasteiger partial charge is 0 e. The van der Waals surface area contributed by atoms with E-state index in [1.807, 2.05) is 0 Å². The van der Waals surface area contributed by atoms with Crippen LogP contribution in [0.15, 0.2) is 0 Å². The molecule has 0 saturated heterocycles. The first-order valence-electron chi connectivity index (χ1n) is 0. The molecule has 0 aromatic carbocycles. The summed E-state index contributed by atoms with van der Waals surface area (Å²) in [5.41, 5.74) is 0. The summed E-state index contributed by atoms with van der Waals surface area (Å²) in [5, 5.41) is 0. The Bertz CT molecular complexity index is 9.61. The van der Waals surface area contributed by atoms with Crippen molar-refractivity contribution < 1.29 is 44.1 Å². The number of hydrogen-bond donors (Lipinski definition) is 0. The van der Waals surface area contributed by atoms with Crippen LogP contribution in [0.4, 0.5) is 0 Å². The summed E-state index contributed by atoms with van der Waals surface area (Å²) in [6, 6.07) is 0. The monoisotopic (exact) mass is 583 g/mol. The predicted molar refractivity (Wildman–Crippen MR) is 20.1 cm³/mol. The Morgan fingerprint density at radius 1 is 0.800 bits per heavy atom. The van der Waals surface area contributed by atoms with Gasteiger partial charge >= 0.3 is 23.1 Å². The molecule has 9 radical (unpaired) electrons. The largest absolute Gasteiger partial charge is 0.316 e. The van der Waals surface area contributed by atoms with Crippen LogP contribution in [0.2, 0.25) is 0 Å². The van der Waals surface area contributed by atoms with Crippen LogP contribution in [0.3, 0.4) is 0 Å². The minimum atomic E-state index is 0. The first kappa shape index (κ1) is 35.7. The maximum Gasteiger partial charge on any atom is 0.316 e. The predicted octanol–water partition coefficient (Wildman–Crippen LogP) is -1.68. The molecule has 0 atom stereocenters. The molecule has 0 bridgehead atoms. The zero-order chi connectivity index (χ0) is 0. The van der Waals surface area contributed by atoms with Crippen molar-refractivity contribution in [2.45, 2.75) is 0 Å². The SMILES string of the molecule is [MgH2].[Nb].[Pb].[Pb].[Ti]. The van der Waals surface area contributed by atoms with Crippen molar-refractivity contribution >= 4 is 77.7 Å². The summed E-state index contributed by atoms with van der Waals surface area (Å²) in [4.78, 5) is 0. The average Bonchev–Trinajstić information content (AvgIpc) is 0. The van der Waals surface area contributed by atoms with Crippen molar-refractivity contribution in [2.24, 2.45) is 0 Å². The third kappa shape index (κ3) is 18.0. The number of rotatable bonds is 0. The standard InChI is InChI=1S/Mg.Nb.2Pb.Ti.2H. The Labute approximate surface area is 119 Å². The van der Waals surface area contributed by atoms with Gasteiger partial charge in [0.2, 0.25) is 0 Å². The van der Waals surface area contributed by atoms with Gasteiger partial charge in [0, 0.05) is 98.7 Å². The summed E-state index contributed by atoms with van der Waals surface area (Å²) >= 11 is 0. The molecule has 0 unspecified atom stereocenters. The van der Waals surface area contributed by atoms with Crippen LogP contribution in [0.1, 0.15) is 0 Å². The molecule has 0 aromatic heterocycles. The molecule has 0 aliphatic carbocycles. The first-order chi connectivity index (χ1) is 0. The van der Waals surface area contributed by atoms with E-state index in [2.05, 4.69) is 0 Å². The fourth-order valence-electron chi connectivity index (χ4n) is 0. The van der Waals surface area contributed by atoms with Gasteiger partial charge in [0.1, 0.15) is 0 Å². The summed E-state index contributed by atoms with van der Waals surface area (Å²) < 4.78 is 0. The fourth-order valence-corrected chi connectivity index (χ4v) is 0. The Morgan fingerprint density at radius 3 is 0.800 bits per heavy atom. The van der Waals surface area contributed by atoms with Crippen LogP contribution >= 0.6 is 0 Å². The molecule has 0 fully saturated rings. The van der Waals surface area contributed by atoms with Crippen LogP contribution in [0.5, 0.6) is 0 Å². The molecule has 0 N–H and O–H groups in total. The molecule has 0 aliphatic rings. The van der Waals surface area contributed by atoms with Gasteiger partial charge in [-0.1, -0.05) is 0 Å². The van der Waals surface area contributed by atoms with E-state index < -0.39 is 0 Å². The molecule has 0 aliphatic heterocycles. The fraction of sp³-hybridized carbons (Fsp3) is 0. The maximum atomic E-state index is 0. The third-order valence-electron chi connectivity index (χ3n) is 0. The van der Waals surface area contributed by atoms with Crippen molar-refractivity contribution in [1.29, 1.82) is 0 Å². The normalized spacial score (nSPS) is 0. The zero-order valence-corrected chi connectivity index (χ0v) is 13.5. The zero-order valence-electron chi connectivity index (χ0n) is 1.95. The molecule has 0 spiro atoms. The molecule has 5 heteroatoms. The van der Waals surface area contributed by atoms with Gasteiger partial charge < -0.3 is 0 Å². The Morgan fingerprint density at radius 2 is 0.800 bits per heavy atom. The van der Waals surface area contributed by atoms with E-state index in [0.29, 0.717) is 0 Å². The second-order valence-electron chi connectivity index (χ2n) is 0. The topological polar surface area (TPSA) is 0 Å². The molecule has 21 valence electrons. The van der Waals surface area contributed by atoms with Crippen molar-refractivity contribution in [1.82, 2.24) is 0 Å². The van der Waals surface area contributed by atoms with E-state index in [-0.39, 0.29) is 122 Å². The molecule has 0 heterocycles. The van der Waals surface area contributed by atoms with Gasteiger partial charge in [-0.15, -0.1) is 0 Å². The van der Waals surface area contributed by atoms with E-state index in [1.54, 1.807) is 0 Å². The van der Waals surface area contributed by atoms with Crippen LogP contribution in [-0.4, -0.2) is 77.7 Å². The van der Waals surface area contributed by atoms with Gasteiger partial charge in [-0.3, -0.25) is 0 Å². The second-order valence-corrected chi connectivity index (χ2v) is 0. The van der Waals surface area contributed by atoms with Gasteiger partial charge in [-0.05, 0) is 0 Å². The summed E-state index contributed by atoms with van der Waals surface area (Å²) in [6.45, 7) is 0. The van der Waals surface area contributed by atoms with Crippen molar-refractivity contribution in [2.75, 3.05) is 0 Å². The molecular formula is H2MgNbPb2Ti. The van der Waals surface area contributed by atoms with Crippen LogP contribution in [0.25, 0.3) is 0 Å². The molecule has 0 amide bonds. The van der Waals surface area contributed by atoms with Gasteiger partial charge in [0.05, 0.1) is 0 Å². The average molecular weight is 581 g/mol. The molecule has 0 aromatic rings. The summed E-state index contributed by atoms with van der Waals surface area (Å²) in [6.07, 6.45) is 0. The van der Waals surface area contributed by atoms with E-state index >= 15 is 0 Å². The maximum absolute atomic E-state index is 0. The molecular weight excluding hydrogens is 579 g/mol. The summed E-state index contributed by atoms with van der Waals surface area (Å²) in [7, 11) is 0. The number of hydrogen-bond acceptors (Lipinski definition) is 0. The summed E-state index contributed by atoms with van der Waals surface area (Å²) in [5.74, 6) is 0. The molecule has 0 nitrogen and oxygen atoms in total. The Kier molecular flexibility index (Phi) is 174. The van der Waals surface area contributed by atoms with Gasteiger partial charge in [-0.25, -0.2) is 0 Å². The van der Waals surface area contributed by atoms with Gasteiger partial charge in [0.15, 0.2) is 0 Å². The van der Waals surface area contributed by atoms with Crippen molar-refractivity contribution in [3.63, 3.8) is 0 Å². The van der Waals surface area contributed by atoms with Crippen LogP contribution in [0, 0.1) is 0 Å². The van der Waals surface area contributed by atoms with E-state index in [4.69, 9.17) is 0 Å². The van der Waals surface area contributed by atoms with Crippen molar-refractivity contribution in [3.8, 4) is 0 Å². The van der Waals surface area contributed by atoms with E-state index in [1.165, 1.54) is 0 Å². The Balaban J connectivity index is 0. The molecule has 0 rings (SSSR count). The van der Waals surface area contributed by atoms with Crippen LogP contribution < -0.4 is 0 Å². The van der Waals surface area contributed by atoms with E-state index in [9.17, 15) is 0 Å². The third-order valence-corrected chi connectivity index (χ3v) is 0. The first-order valence-corrected chi connectivity index (χ1v) is 0.